The minimum absolute atomic E-state index is 0.203. The van der Waals surface area contributed by atoms with E-state index in [-0.39, 0.29) is 10.8 Å². The van der Waals surface area contributed by atoms with Crippen molar-refractivity contribution >= 4 is 44.8 Å². The van der Waals surface area contributed by atoms with Crippen molar-refractivity contribution in [1.82, 2.24) is 9.21 Å². The van der Waals surface area contributed by atoms with Gasteiger partial charge in [0, 0.05) is 25.3 Å². The van der Waals surface area contributed by atoms with E-state index >= 15 is 0 Å². The van der Waals surface area contributed by atoms with E-state index < -0.39 is 16.1 Å². The van der Waals surface area contributed by atoms with E-state index in [2.05, 4.69) is 5.32 Å². The molecule has 0 saturated carbocycles. The summed E-state index contributed by atoms with van der Waals surface area (Å²) < 4.78 is 26.7. The number of anilines is 1. The van der Waals surface area contributed by atoms with Gasteiger partial charge in [0.15, 0.2) is 0 Å². The van der Waals surface area contributed by atoms with Crippen LogP contribution in [0.15, 0.2) is 47.4 Å². The average Bonchev–Trinajstić information content (AvgIpc) is 3.27. The fourth-order valence-electron chi connectivity index (χ4n) is 3.31. The highest BCUT2D eigenvalue weighted by atomic mass is 35.5. The molecule has 1 unspecified atom stereocenters. The molecule has 1 atom stereocenters. The Morgan fingerprint density at radius 3 is 2.40 bits per heavy atom. The quantitative estimate of drug-likeness (QED) is 0.658. The molecule has 30 heavy (non-hydrogen) atoms. The lowest BCUT2D eigenvalue weighted by molar-refractivity contribution is -0.120. The number of carbonyl (C=O) groups excluding carboxylic acids is 1. The molecule has 1 amide bonds. The summed E-state index contributed by atoms with van der Waals surface area (Å²) in [5, 5.41) is 3.79. The van der Waals surface area contributed by atoms with E-state index in [1.54, 1.807) is 25.1 Å². The van der Waals surface area contributed by atoms with E-state index in [1.807, 2.05) is 24.1 Å². The van der Waals surface area contributed by atoms with Gasteiger partial charge in [-0.05, 0) is 62.7 Å². The highest BCUT2D eigenvalue weighted by Crippen LogP contribution is 2.27. The largest absolute Gasteiger partial charge is 0.325 e. The second kappa shape index (κ2) is 9.66. The Hall–Kier alpha value is -1.64. The van der Waals surface area contributed by atoms with Crippen molar-refractivity contribution in [2.75, 3.05) is 25.5 Å². The summed E-state index contributed by atoms with van der Waals surface area (Å²) in [7, 11) is -1.64. The Kier molecular flexibility index (Phi) is 7.42. The number of nitrogens with one attached hydrogen (secondary N) is 1. The van der Waals surface area contributed by atoms with Crippen molar-refractivity contribution < 1.29 is 13.2 Å². The molecule has 0 radical (unpaired) electrons. The zero-order valence-corrected chi connectivity index (χ0v) is 19.3. The third-order valence-electron chi connectivity index (χ3n) is 5.32. The van der Waals surface area contributed by atoms with E-state index in [4.69, 9.17) is 23.2 Å². The van der Waals surface area contributed by atoms with Crippen molar-refractivity contribution in [3.05, 3.63) is 58.1 Å². The highest BCUT2D eigenvalue weighted by molar-refractivity contribution is 7.89. The Balaban J connectivity index is 1.63. The Morgan fingerprint density at radius 1 is 1.13 bits per heavy atom. The molecule has 2 aromatic carbocycles. The van der Waals surface area contributed by atoms with E-state index in [9.17, 15) is 13.2 Å². The van der Waals surface area contributed by atoms with Crippen LogP contribution in [0, 0.1) is 0 Å². The first-order valence-corrected chi connectivity index (χ1v) is 11.9. The third-order valence-corrected chi connectivity index (χ3v) is 8.09. The van der Waals surface area contributed by atoms with Crippen molar-refractivity contribution in [2.24, 2.45) is 0 Å². The van der Waals surface area contributed by atoms with Gasteiger partial charge in [-0.25, -0.2) is 8.42 Å². The van der Waals surface area contributed by atoms with Gasteiger partial charge >= 0.3 is 0 Å². The summed E-state index contributed by atoms with van der Waals surface area (Å²) >= 11 is 12.3. The Labute approximate surface area is 187 Å². The van der Waals surface area contributed by atoms with E-state index in [0.29, 0.717) is 35.4 Å². The van der Waals surface area contributed by atoms with Gasteiger partial charge in [0.25, 0.3) is 0 Å². The van der Waals surface area contributed by atoms with Crippen LogP contribution in [0.3, 0.4) is 0 Å². The summed E-state index contributed by atoms with van der Waals surface area (Å²) in [4.78, 5) is 14.7. The van der Waals surface area contributed by atoms with Crippen molar-refractivity contribution in [2.45, 2.75) is 37.2 Å². The summed E-state index contributed by atoms with van der Waals surface area (Å²) in [6.07, 6.45) is 1.78. The topological polar surface area (TPSA) is 69.7 Å². The fourth-order valence-corrected chi connectivity index (χ4v) is 5.21. The summed E-state index contributed by atoms with van der Waals surface area (Å²) in [5.74, 6) is -0.203. The molecule has 0 aliphatic carbocycles. The van der Waals surface area contributed by atoms with Crippen molar-refractivity contribution in [3.63, 3.8) is 0 Å². The predicted molar refractivity (Wildman–Crippen MR) is 120 cm³/mol. The van der Waals surface area contributed by atoms with Gasteiger partial charge in [0.05, 0.1) is 21.0 Å². The van der Waals surface area contributed by atoms with Gasteiger partial charge in [-0.2, -0.15) is 4.31 Å². The van der Waals surface area contributed by atoms with Gasteiger partial charge in [-0.15, -0.1) is 0 Å². The molecule has 1 aliphatic rings. The number of amides is 1. The molecular weight excluding hydrogens is 445 g/mol. The molecule has 0 aromatic heterocycles. The van der Waals surface area contributed by atoms with Gasteiger partial charge < -0.3 is 5.32 Å². The van der Waals surface area contributed by atoms with Crippen LogP contribution in [-0.2, 0) is 21.4 Å². The number of carbonyl (C=O) groups is 1. The second-order valence-corrected chi connectivity index (χ2v) is 10.2. The van der Waals surface area contributed by atoms with Crippen molar-refractivity contribution in [3.8, 4) is 0 Å². The zero-order chi connectivity index (χ0) is 21.9. The van der Waals surface area contributed by atoms with Gasteiger partial charge in [-0.3, -0.25) is 9.69 Å². The number of likely N-dealkylation sites (N-methyl/N-ethyl adjacent to an activating group) is 1. The minimum atomic E-state index is -3.47. The first-order chi connectivity index (χ1) is 14.2. The molecule has 1 aliphatic heterocycles. The average molecular weight is 470 g/mol. The monoisotopic (exact) mass is 469 g/mol. The summed E-state index contributed by atoms with van der Waals surface area (Å²) in [6, 6.07) is 11.3. The lowest BCUT2D eigenvalue weighted by atomic mass is 10.2. The predicted octanol–water partition coefficient (Wildman–Crippen LogP) is 4.24. The maximum Gasteiger partial charge on any atom is 0.243 e. The van der Waals surface area contributed by atoms with Crippen LogP contribution in [0.4, 0.5) is 5.69 Å². The van der Waals surface area contributed by atoms with Crippen LogP contribution in [0.25, 0.3) is 0 Å². The number of hydrogen-bond donors (Lipinski definition) is 1. The SMILES string of the molecule is CC(C(=O)Nc1ccc(S(=O)(=O)N2CCCC2)cc1)N(C)Cc1cccc(Cl)c1Cl. The standard InChI is InChI=1S/C21H25Cl2N3O3S/c1-15(25(2)14-16-6-5-7-19(22)20(16)23)21(27)24-17-8-10-18(11-9-17)30(28,29)26-12-3-4-13-26/h5-11,15H,3-4,12-14H2,1-2H3,(H,24,27). The molecule has 1 saturated heterocycles. The lowest BCUT2D eigenvalue weighted by Gasteiger charge is -2.24. The minimum Gasteiger partial charge on any atom is -0.325 e. The Morgan fingerprint density at radius 2 is 1.77 bits per heavy atom. The summed E-state index contributed by atoms with van der Waals surface area (Å²) in [5.41, 5.74) is 1.38. The number of halogens is 2. The van der Waals surface area contributed by atoms with Crippen LogP contribution in [0.2, 0.25) is 10.0 Å². The first kappa shape index (κ1) is 23.0. The van der Waals surface area contributed by atoms with Gasteiger partial charge in [-0.1, -0.05) is 35.3 Å². The Bertz CT molecular complexity index is 1010. The van der Waals surface area contributed by atoms with Crippen molar-refractivity contribution in [1.29, 1.82) is 0 Å². The van der Waals surface area contributed by atoms with Crippen LogP contribution in [-0.4, -0.2) is 49.7 Å². The van der Waals surface area contributed by atoms with E-state index in [0.717, 1.165) is 18.4 Å². The highest BCUT2D eigenvalue weighted by Gasteiger charge is 2.27. The lowest BCUT2D eigenvalue weighted by Crippen LogP contribution is -2.39. The number of nitrogens with zero attached hydrogens (tertiary/aromatic N) is 2. The smallest absolute Gasteiger partial charge is 0.243 e. The third kappa shape index (κ3) is 5.15. The number of benzene rings is 2. The zero-order valence-electron chi connectivity index (χ0n) is 16.9. The maximum atomic E-state index is 12.6. The molecule has 3 rings (SSSR count). The van der Waals surface area contributed by atoms with Crippen LogP contribution < -0.4 is 5.32 Å². The molecule has 1 heterocycles. The molecule has 6 nitrogen and oxygen atoms in total. The molecule has 0 bridgehead atoms. The summed E-state index contributed by atoms with van der Waals surface area (Å²) in [6.45, 7) is 3.36. The molecule has 1 N–H and O–H groups in total. The maximum absolute atomic E-state index is 12.6. The van der Waals surface area contributed by atoms with Gasteiger partial charge in [0.2, 0.25) is 15.9 Å². The molecule has 2 aromatic rings. The molecule has 0 spiro atoms. The normalized spacial score (nSPS) is 16.0. The second-order valence-electron chi connectivity index (χ2n) is 7.43. The van der Waals surface area contributed by atoms with Crippen LogP contribution in [0.1, 0.15) is 25.3 Å². The van der Waals surface area contributed by atoms with Crippen LogP contribution in [0.5, 0.6) is 0 Å². The molecule has 1 fully saturated rings. The number of sulfonamides is 1. The molecule has 162 valence electrons. The van der Waals surface area contributed by atoms with E-state index in [1.165, 1.54) is 16.4 Å². The van der Waals surface area contributed by atoms with Gasteiger partial charge in [0.1, 0.15) is 0 Å². The fraction of sp³-hybridized carbons (Fsp3) is 0.381. The molecular formula is C21H25Cl2N3O3S. The molecule has 9 heteroatoms. The number of hydrogen-bond acceptors (Lipinski definition) is 4. The first-order valence-electron chi connectivity index (χ1n) is 9.74. The number of rotatable bonds is 7. The van der Waals surface area contributed by atoms with Crippen LogP contribution >= 0.6 is 23.2 Å².